The van der Waals surface area contributed by atoms with Gasteiger partial charge in [0.2, 0.25) is 11.8 Å². The van der Waals surface area contributed by atoms with Crippen LogP contribution in [0.4, 0.5) is 40.5 Å². The van der Waals surface area contributed by atoms with Crippen LogP contribution in [0.1, 0.15) is 83.7 Å². The van der Waals surface area contributed by atoms with Gasteiger partial charge in [-0.2, -0.15) is 0 Å². The van der Waals surface area contributed by atoms with E-state index in [4.69, 9.17) is 82.0 Å². The van der Waals surface area contributed by atoms with Gasteiger partial charge in [-0.25, -0.2) is 53.1 Å². The number of hydrogen-bond acceptors (Lipinski definition) is 26. The maximum atomic E-state index is 16.7. The van der Waals surface area contributed by atoms with Gasteiger partial charge in [0.05, 0.1) is 51.5 Å². The number of ketones is 2. The lowest BCUT2D eigenvalue weighted by Gasteiger charge is -2.29. The monoisotopic (exact) mass is 1430 g/mol. The van der Waals surface area contributed by atoms with Crippen molar-refractivity contribution >= 4 is 124 Å². The Morgan fingerprint density at radius 2 is 1.38 bits per heavy atom. The zero-order valence-electron chi connectivity index (χ0n) is 52.1. The van der Waals surface area contributed by atoms with Crippen molar-refractivity contribution in [2.75, 3.05) is 69.5 Å². The topological polar surface area (TPSA) is 471 Å². The summed E-state index contributed by atoms with van der Waals surface area (Å²) in [6.07, 6.45) is -10.8. The SMILES string of the molecule is CC(CC(=O)O)C(=O)CCCOCCC(=O)N[C@H](C(=O)C[C@@H](CCCNC(N)=O)C(=O)Nc1ccc(COC(=O)N(C)CCOC(=O)Nc2ncnc3c2ncn3[C@@H]2O[C@@H]3COP(O)(=S)O[C@H]4[C@@H](F)[C@H](n5cnc6c(N)ncnc65)O[C@@H]4COP(O)(=S)O[C@H]3[C@H]2F)cc1)C(C)C. The molecular formula is C55H73F2N15O20P2S2. The Balaban J connectivity index is 0.783. The summed E-state index contributed by atoms with van der Waals surface area (Å²) in [6, 6.07) is 4.58. The first-order chi connectivity index (χ1) is 45.6. The number of aromatic nitrogens is 8. The first-order valence-corrected chi connectivity index (χ1v) is 35.2. The Hall–Kier alpha value is -7.52. The maximum absolute atomic E-state index is 16.7. The molecule has 0 saturated carbocycles. The van der Waals surface area contributed by atoms with Gasteiger partial charge < -0.3 is 79.9 Å². The van der Waals surface area contributed by atoms with Gasteiger partial charge in [-0.3, -0.25) is 47.5 Å². The van der Waals surface area contributed by atoms with Gasteiger partial charge in [0.25, 0.3) is 0 Å². The standard InChI is InChI=1S/C55H73F2N15O20P2S2/c1-28(2)41(68-37(75)13-17-84-16-6-8-33(73)29(3)19-38(76)77)34(74)20-31(7-5-14-60-53(59)79)50(78)67-32-11-9-30(10-12-32)21-86-55(81)70(4)15-18-85-54(80)69-47-43-49(64-25-62-47)72(27-66-43)52-40(57)45-36(90-52)23-88-93(82,95)91-44-35(22-87-94(83,96)92-45)89-51(39(44)56)71-26-65-42-46(58)61-24-63-48(42)71/h9-12,24-29,31,35-36,39-41,44-45,51-52H,5-8,13-23H2,1-4H3,(H,67,78)(H,68,75)(H,76,77)(H,82,95)(H,83,96)(H2,58,61,63)(H3,59,60,79)(H,62,64,69,80)/t29?,31-,35-,36-,39-,40-,41+,44-,45-,51-,52-,93?,94?/m1/s1. The second-order valence-corrected chi connectivity index (χ2v) is 28.3. The van der Waals surface area contributed by atoms with Crippen LogP contribution in [0.3, 0.4) is 0 Å². The van der Waals surface area contributed by atoms with E-state index < -0.39 is 136 Å². The van der Waals surface area contributed by atoms with E-state index in [1.165, 1.54) is 17.9 Å². The zero-order chi connectivity index (χ0) is 69.6. The number of rotatable bonds is 29. The predicted octanol–water partition coefficient (Wildman–Crippen LogP) is 3.76. The van der Waals surface area contributed by atoms with Crippen LogP contribution >= 0.6 is 13.4 Å². The fraction of sp³-hybridized carbons (Fsp3) is 0.564. The van der Waals surface area contributed by atoms with Crippen molar-refractivity contribution in [1.29, 1.82) is 0 Å². The fourth-order valence-electron chi connectivity index (χ4n) is 10.3. The number of alkyl halides is 2. The number of nitrogen functional groups attached to an aromatic ring is 1. The Labute approximate surface area is 556 Å². The number of fused-ring (bicyclic) bond motifs is 4. The van der Waals surface area contributed by atoms with E-state index in [0.29, 0.717) is 17.7 Å². The number of anilines is 3. The molecule has 13 atom stereocenters. The summed E-state index contributed by atoms with van der Waals surface area (Å²) in [5.41, 5.74) is 12.1. The minimum absolute atomic E-state index is 0.00437. The van der Waals surface area contributed by atoms with Crippen molar-refractivity contribution in [1.82, 2.24) is 54.6 Å². The number of nitrogens with two attached hydrogens (primary N) is 2. The van der Waals surface area contributed by atoms with Crippen LogP contribution in [-0.4, -0.2) is 202 Å². The quantitative estimate of drug-likeness (QED) is 0.0243. The summed E-state index contributed by atoms with van der Waals surface area (Å²) in [5, 5.41) is 19.3. The second kappa shape index (κ2) is 33.6. The van der Waals surface area contributed by atoms with E-state index in [1.54, 1.807) is 45.0 Å². The van der Waals surface area contributed by atoms with E-state index in [1.807, 2.05) is 0 Å². The molecule has 5 aromatic rings. The van der Waals surface area contributed by atoms with Crippen LogP contribution in [0.2, 0.25) is 0 Å². The third-order valence-corrected chi connectivity index (χ3v) is 18.4. The van der Waals surface area contributed by atoms with E-state index in [-0.39, 0.29) is 124 Å². The van der Waals surface area contributed by atoms with Gasteiger partial charge in [0.1, 0.15) is 61.6 Å². The van der Waals surface area contributed by atoms with Crippen molar-refractivity contribution in [3.63, 3.8) is 0 Å². The minimum atomic E-state index is -4.44. The molecule has 7 heterocycles. The lowest BCUT2D eigenvalue weighted by atomic mass is 9.89. The average Bonchev–Trinajstić information content (AvgIpc) is 1.62. The van der Waals surface area contributed by atoms with Crippen molar-refractivity contribution in [3.8, 4) is 0 Å². The van der Waals surface area contributed by atoms with Gasteiger partial charge in [0.15, 0.2) is 59.0 Å². The third kappa shape index (κ3) is 20.1. The molecular weight excluding hydrogens is 1350 g/mol. The molecule has 0 spiro atoms. The number of likely N-dealkylation sites (N-methyl/N-ethyl adjacent to an activating group) is 1. The number of Topliss-reactive ketones (excluding diaryl/α,β-unsaturated/α-hetero) is 2. The summed E-state index contributed by atoms with van der Waals surface area (Å²) >= 11 is 10.5. The largest absolute Gasteiger partial charge is 0.481 e. The van der Waals surface area contributed by atoms with Crippen LogP contribution in [0.5, 0.6) is 0 Å². The highest BCUT2D eigenvalue weighted by molar-refractivity contribution is 8.07. The molecule has 1 aromatic carbocycles. The molecule has 3 aliphatic rings. The summed E-state index contributed by atoms with van der Waals surface area (Å²) in [4.78, 5) is 149. The normalized spacial score (nSPS) is 24.5. The molecule has 0 bridgehead atoms. The number of carbonyl (C=O) groups is 8. The molecule has 6 amide bonds. The first-order valence-electron chi connectivity index (χ1n) is 30.0. The molecule has 4 aromatic heterocycles. The molecule has 524 valence electrons. The molecule has 3 unspecified atom stereocenters. The number of ether oxygens (including phenoxy) is 5. The number of amides is 6. The number of benzene rings is 1. The van der Waals surface area contributed by atoms with Gasteiger partial charge in [0, 0.05) is 57.0 Å². The van der Waals surface area contributed by atoms with Gasteiger partial charge in [-0.15, -0.1) is 0 Å². The molecule has 35 nitrogen and oxygen atoms in total. The summed E-state index contributed by atoms with van der Waals surface area (Å²) < 4.78 is 86.0. The number of carboxylic acid groups (broad SMARTS) is 1. The molecule has 3 fully saturated rings. The molecule has 0 radical (unpaired) electrons. The predicted molar refractivity (Wildman–Crippen MR) is 338 cm³/mol. The minimum Gasteiger partial charge on any atom is -0.481 e. The van der Waals surface area contributed by atoms with Crippen LogP contribution < -0.4 is 32.7 Å². The first kappa shape index (κ1) is 74.3. The van der Waals surface area contributed by atoms with E-state index >= 15 is 8.78 Å². The number of primary amides is 1. The molecule has 0 aliphatic carbocycles. The van der Waals surface area contributed by atoms with E-state index in [2.05, 4.69) is 51.2 Å². The lowest BCUT2D eigenvalue weighted by Crippen LogP contribution is -2.45. The fourth-order valence-corrected chi connectivity index (χ4v) is 13.2. The third-order valence-electron chi connectivity index (χ3n) is 15.3. The van der Waals surface area contributed by atoms with Crippen molar-refractivity contribution in [3.05, 3.63) is 55.1 Å². The molecule has 3 aliphatic heterocycles. The number of nitrogens with one attached hydrogen (secondary N) is 4. The number of imidazole rings is 2. The number of halogens is 2. The average molecular weight is 1430 g/mol. The number of hydrogen-bond donors (Lipinski definition) is 9. The van der Waals surface area contributed by atoms with Crippen LogP contribution in [0.15, 0.2) is 49.6 Å². The summed E-state index contributed by atoms with van der Waals surface area (Å²) in [6.45, 7) is -5.66. The Morgan fingerprint density at radius 3 is 1.98 bits per heavy atom. The number of carboxylic acids is 1. The maximum Gasteiger partial charge on any atom is 0.412 e. The number of carbonyl (C=O) groups excluding carboxylic acids is 7. The van der Waals surface area contributed by atoms with E-state index in [0.717, 1.165) is 28.4 Å². The lowest BCUT2D eigenvalue weighted by molar-refractivity contribution is -0.140. The smallest absolute Gasteiger partial charge is 0.412 e. The molecule has 96 heavy (non-hydrogen) atoms. The molecule has 8 rings (SSSR count). The second-order valence-electron chi connectivity index (χ2n) is 22.8. The Kier molecular flexibility index (Phi) is 26.0. The van der Waals surface area contributed by atoms with Gasteiger partial charge >= 0.3 is 37.6 Å². The highest BCUT2D eigenvalue weighted by Gasteiger charge is 2.54. The Morgan fingerprint density at radius 1 is 0.771 bits per heavy atom. The van der Waals surface area contributed by atoms with Crippen LogP contribution in [-0.2, 0) is 96.0 Å². The van der Waals surface area contributed by atoms with Crippen LogP contribution in [0, 0.1) is 17.8 Å². The van der Waals surface area contributed by atoms with E-state index in [9.17, 15) is 48.1 Å². The van der Waals surface area contributed by atoms with Crippen molar-refractivity contribution in [2.45, 2.75) is 128 Å². The van der Waals surface area contributed by atoms with Crippen molar-refractivity contribution < 1.29 is 104 Å². The van der Waals surface area contributed by atoms with Gasteiger partial charge in [-0.05, 0) is 66.5 Å². The Bertz CT molecular complexity index is 3720. The number of aliphatic carboxylic acids is 1. The molecule has 41 heteroatoms. The summed E-state index contributed by atoms with van der Waals surface area (Å²) in [5.74, 6) is -4.71. The molecule has 11 N–H and O–H groups in total. The number of nitrogens with zero attached hydrogens (tertiary/aromatic N) is 9. The molecule has 3 saturated heterocycles. The highest BCUT2D eigenvalue weighted by atomic mass is 32.5. The van der Waals surface area contributed by atoms with Gasteiger partial charge in [-0.1, -0.05) is 32.9 Å². The van der Waals surface area contributed by atoms with Crippen molar-refractivity contribution in [2.24, 2.45) is 23.5 Å². The highest BCUT2D eigenvalue weighted by Crippen LogP contribution is 2.55. The zero-order valence-corrected chi connectivity index (χ0v) is 55.5. The van der Waals surface area contributed by atoms with Crippen LogP contribution in [0.25, 0.3) is 22.3 Å². The number of urea groups is 1. The summed E-state index contributed by atoms with van der Waals surface area (Å²) in [7, 11) is 1.39.